The number of hydrogen-bond acceptors (Lipinski definition) is 3. The highest BCUT2D eigenvalue weighted by Crippen LogP contribution is 2.19. The molecule has 0 heterocycles. The van der Waals surface area contributed by atoms with Crippen LogP contribution in [0, 0.1) is 0 Å². The largest absolute Gasteiger partial charge is 0.399 e. The first-order valence-electron chi connectivity index (χ1n) is 12.4. The molecule has 0 unspecified atom stereocenters. The topological polar surface area (TPSA) is 50.1 Å². The van der Waals surface area contributed by atoms with Crippen LogP contribution in [-0.4, -0.2) is 6.54 Å². The minimum absolute atomic E-state index is 0.806. The highest BCUT2D eigenvalue weighted by Gasteiger charge is 2.07. The van der Waals surface area contributed by atoms with Crippen molar-refractivity contribution in [3.05, 3.63) is 107 Å². The Kier molecular flexibility index (Phi) is 10.6. The van der Waals surface area contributed by atoms with Crippen molar-refractivity contribution >= 4 is 11.4 Å². The molecule has 0 aliphatic carbocycles. The quantitative estimate of drug-likeness (QED) is 0.193. The van der Waals surface area contributed by atoms with E-state index < -0.39 is 0 Å². The summed E-state index contributed by atoms with van der Waals surface area (Å²) in [4.78, 5) is 0. The second kappa shape index (κ2) is 14.2. The van der Waals surface area contributed by atoms with Gasteiger partial charge >= 0.3 is 0 Å². The fourth-order valence-corrected chi connectivity index (χ4v) is 3.96. The number of benzene rings is 3. The minimum Gasteiger partial charge on any atom is -0.399 e. The number of rotatable bonds is 14. The van der Waals surface area contributed by atoms with E-state index in [1.807, 2.05) is 12.1 Å². The van der Waals surface area contributed by atoms with Crippen LogP contribution in [-0.2, 0) is 19.5 Å². The van der Waals surface area contributed by atoms with Crippen LogP contribution in [0.25, 0.3) is 5.70 Å². The smallest absolute Gasteiger partial charge is 0.0376 e. The molecule has 0 saturated carbocycles. The summed E-state index contributed by atoms with van der Waals surface area (Å²) < 4.78 is 0. The van der Waals surface area contributed by atoms with Crippen molar-refractivity contribution in [3.63, 3.8) is 0 Å². The summed E-state index contributed by atoms with van der Waals surface area (Å²) >= 11 is 0. The van der Waals surface area contributed by atoms with Gasteiger partial charge in [0.2, 0.25) is 0 Å². The molecule has 0 spiro atoms. The van der Waals surface area contributed by atoms with Crippen LogP contribution >= 0.6 is 0 Å². The zero-order valence-corrected chi connectivity index (χ0v) is 20.0. The molecular weight excluding hydrogens is 402 g/mol. The van der Waals surface area contributed by atoms with Gasteiger partial charge in [-0.1, -0.05) is 86.2 Å². The van der Waals surface area contributed by atoms with E-state index in [0.29, 0.717) is 0 Å². The van der Waals surface area contributed by atoms with Crippen LogP contribution in [0.2, 0.25) is 0 Å². The lowest BCUT2D eigenvalue weighted by atomic mass is 10.0. The molecule has 0 radical (unpaired) electrons. The second-order valence-electron chi connectivity index (χ2n) is 8.63. The fraction of sp³-hybridized carbons (Fsp3) is 0.333. The third kappa shape index (κ3) is 8.78. The monoisotopic (exact) mass is 441 g/mol. The Morgan fingerprint density at radius 2 is 1.55 bits per heavy atom. The Bertz CT molecular complexity index is 961. The molecule has 0 aromatic heterocycles. The summed E-state index contributed by atoms with van der Waals surface area (Å²) in [6.07, 6.45) is 9.43. The number of aryl methyl sites for hydroxylation is 1. The summed E-state index contributed by atoms with van der Waals surface area (Å²) in [5, 5.41) is 7.35. The van der Waals surface area contributed by atoms with E-state index in [9.17, 15) is 0 Å². The van der Waals surface area contributed by atoms with Crippen LogP contribution < -0.4 is 16.4 Å². The molecule has 0 saturated heterocycles. The van der Waals surface area contributed by atoms with Crippen LogP contribution in [0.1, 0.15) is 61.3 Å². The van der Waals surface area contributed by atoms with Gasteiger partial charge in [-0.05, 0) is 60.9 Å². The van der Waals surface area contributed by atoms with Gasteiger partial charge in [-0.2, -0.15) is 0 Å². The molecule has 4 N–H and O–H groups in total. The SMILES string of the molecule is CCCC/C=C(\NCCCCc1ccccc1)c1ccccc1CNCc1ccc(N)cc1. The van der Waals surface area contributed by atoms with E-state index in [0.717, 1.165) is 44.6 Å². The molecule has 33 heavy (non-hydrogen) atoms. The predicted molar refractivity (Wildman–Crippen MR) is 143 cm³/mol. The zero-order chi connectivity index (χ0) is 23.1. The first-order chi connectivity index (χ1) is 16.3. The Hall–Kier alpha value is -3.04. The Balaban J connectivity index is 1.57. The summed E-state index contributed by atoms with van der Waals surface area (Å²) in [5.74, 6) is 0. The van der Waals surface area contributed by atoms with E-state index in [2.05, 4.69) is 90.4 Å². The number of nitrogens with two attached hydrogens (primary N) is 1. The Morgan fingerprint density at radius 3 is 2.33 bits per heavy atom. The average Bonchev–Trinajstić information content (AvgIpc) is 2.85. The molecule has 174 valence electrons. The van der Waals surface area contributed by atoms with Crippen LogP contribution in [0.15, 0.2) is 84.9 Å². The van der Waals surface area contributed by atoms with Gasteiger partial charge in [0, 0.05) is 36.6 Å². The highest BCUT2D eigenvalue weighted by atomic mass is 14.9. The number of allylic oxidation sites excluding steroid dienone is 1. The molecule has 3 aromatic carbocycles. The zero-order valence-electron chi connectivity index (χ0n) is 20.0. The number of hydrogen-bond donors (Lipinski definition) is 3. The van der Waals surface area contributed by atoms with Crippen LogP contribution in [0.5, 0.6) is 0 Å². The average molecular weight is 442 g/mol. The van der Waals surface area contributed by atoms with E-state index in [4.69, 9.17) is 5.73 Å². The normalized spacial score (nSPS) is 11.5. The predicted octanol–water partition coefficient (Wildman–Crippen LogP) is 6.70. The van der Waals surface area contributed by atoms with Crippen LogP contribution in [0.3, 0.4) is 0 Å². The summed E-state index contributed by atoms with van der Waals surface area (Å²) in [5.41, 5.74) is 13.2. The second-order valence-corrected chi connectivity index (χ2v) is 8.63. The summed E-state index contributed by atoms with van der Waals surface area (Å²) in [7, 11) is 0. The van der Waals surface area contributed by atoms with E-state index in [1.165, 1.54) is 47.2 Å². The summed E-state index contributed by atoms with van der Waals surface area (Å²) in [6, 6.07) is 27.6. The van der Waals surface area contributed by atoms with Gasteiger partial charge < -0.3 is 16.4 Å². The van der Waals surface area contributed by atoms with E-state index >= 15 is 0 Å². The Morgan fingerprint density at radius 1 is 0.788 bits per heavy atom. The van der Waals surface area contributed by atoms with E-state index in [1.54, 1.807) is 0 Å². The van der Waals surface area contributed by atoms with Crippen molar-refractivity contribution in [1.29, 1.82) is 0 Å². The number of unbranched alkanes of at least 4 members (excludes halogenated alkanes) is 3. The third-order valence-electron chi connectivity index (χ3n) is 5.89. The molecule has 0 bridgehead atoms. The first-order valence-corrected chi connectivity index (χ1v) is 12.4. The van der Waals surface area contributed by atoms with Crippen LogP contribution in [0.4, 0.5) is 5.69 Å². The van der Waals surface area contributed by atoms with Crippen molar-refractivity contribution < 1.29 is 0 Å². The fourth-order valence-electron chi connectivity index (χ4n) is 3.96. The molecule has 3 heteroatoms. The Labute approximate surface area is 200 Å². The molecular formula is C30H39N3. The maximum atomic E-state index is 5.80. The molecule has 0 fully saturated rings. The highest BCUT2D eigenvalue weighted by molar-refractivity contribution is 5.66. The number of nitrogens with one attached hydrogen (secondary N) is 2. The molecule has 0 atom stereocenters. The van der Waals surface area contributed by atoms with Gasteiger partial charge in [0.05, 0.1) is 0 Å². The van der Waals surface area contributed by atoms with Crippen molar-refractivity contribution in [1.82, 2.24) is 10.6 Å². The van der Waals surface area contributed by atoms with Crippen molar-refractivity contribution in [2.24, 2.45) is 0 Å². The van der Waals surface area contributed by atoms with Gasteiger partial charge in [0.15, 0.2) is 0 Å². The number of nitrogen functional groups attached to an aromatic ring is 1. The molecule has 0 amide bonds. The lowest BCUT2D eigenvalue weighted by Crippen LogP contribution is -2.18. The van der Waals surface area contributed by atoms with Gasteiger partial charge in [0.1, 0.15) is 0 Å². The summed E-state index contributed by atoms with van der Waals surface area (Å²) in [6.45, 7) is 4.91. The number of anilines is 1. The molecule has 3 aromatic rings. The lowest BCUT2D eigenvalue weighted by molar-refractivity contribution is 0.686. The lowest BCUT2D eigenvalue weighted by Gasteiger charge is -2.16. The van der Waals surface area contributed by atoms with Gasteiger partial charge in [-0.3, -0.25) is 0 Å². The molecule has 0 aliphatic rings. The minimum atomic E-state index is 0.806. The van der Waals surface area contributed by atoms with Gasteiger partial charge in [-0.25, -0.2) is 0 Å². The third-order valence-corrected chi connectivity index (χ3v) is 5.89. The standard InChI is InChI=1S/C30H39N3/c1-2-3-5-17-30(33-22-11-10-14-25-12-6-4-7-13-25)29-16-9-8-15-27(29)24-32-23-26-18-20-28(31)21-19-26/h4,6-9,12-13,15-21,32-33H,2-3,5,10-11,14,22-24,31H2,1H3/b30-17-. The van der Waals surface area contributed by atoms with Crippen molar-refractivity contribution in [2.45, 2.75) is 58.5 Å². The molecule has 3 rings (SSSR count). The maximum absolute atomic E-state index is 5.80. The first kappa shape index (κ1) is 24.6. The van der Waals surface area contributed by atoms with E-state index in [-0.39, 0.29) is 0 Å². The van der Waals surface area contributed by atoms with Crippen molar-refractivity contribution in [3.8, 4) is 0 Å². The molecule has 0 aliphatic heterocycles. The van der Waals surface area contributed by atoms with Crippen molar-refractivity contribution in [2.75, 3.05) is 12.3 Å². The van der Waals surface area contributed by atoms with Gasteiger partial charge in [0.25, 0.3) is 0 Å². The maximum Gasteiger partial charge on any atom is 0.0376 e. The molecule has 3 nitrogen and oxygen atoms in total. The van der Waals surface area contributed by atoms with Gasteiger partial charge in [-0.15, -0.1) is 0 Å².